The number of hydrogen-bond donors (Lipinski definition) is 1. The molecule has 1 saturated heterocycles. The molecule has 1 aromatic heterocycles. The Kier molecular flexibility index (Phi) is 3.43. The van der Waals surface area contributed by atoms with Crippen LogP contribution in [-0.4, -0.2) is 34.5 Å². The predicted octanol–water partition coefficient (Wildman–Crippen LogP) is 1.78. The molecule has 4 nitrogen and oxygen atoms in total. The van der Waals surface area contributed by atoms with Gasteiger partial charge in [0.2, 0.25) is 0 Å². The summed E-state index contributed by atoms with van der Waals surface area (Å²) in [6, 6.07) is 2.62. The predicted molar refractivity (Wildman–Crippen MR) is 71.3 cm³/mol. The maximum Gasteiger partial charge on any atom is 0.150 e. The van der Waals surface area contributed by atoms with Crippen molar-refractivity contribution in [1.29, 1.82) is 0 Å². The molecule has 1 N–H and O–H groups in total. The van der Waals surface area contributed by atoms with Crippen LogP contribution in [0, 0.1) is 0 Å². The third-order valence-corrected chi connectivity index (χ3v) is 4.12. The molecule has 1 aliphatic heterocycles. The van der Waals surface area contributed by atoms with E-state index in [2.05, 4.69) is 42.2 Å². The standard InChI is InChI=1S/C13H24N4/c1-5-13(6-2)10-17(11(3)9-14-13)12-7-8-16(4)15-12/h7-8,11,14H,5-6,9-10H2,1-4H3. The van der Waals surface area contributed by atoms with Gasteiger partial charge in [0, 0.05) is 44.0 Å². The van der Waals surface area contributed by atoms with E-state index in [1.807, 2.05) is 17.9 Å². The summed E-state index contributed by atoms with van der Waals surface area (Å²) in [5.74, 6) is 1.10. The second-order valence-corrected chi connectivity index (χ2v) is 5.19. The normalized spacial score (nSPS) is 24.0. The highest BCUT2D eigenvalue weighted by Gasteiger charge is 2.35. The number of piperazine rings is 1. The van der Waals surface area contributed by atoms with Crippen molar-refractivity contribution in [2.24, 2.45) is 7.05 Å². The van der Waals surface area contributed by atoms with Crippen LogP contribution in [0.25, 0.3) is 0 Å². The average Bonchev–Trinajstić information content (AvgIpc) is 2.77. The van der Waals surface area contributed by atoms with Crippen LogP contribution in [0.3, 0.4) is 0 Å². The molecule has 96 valence electrons. The molecule has 1 unspecified atom stereocenters. The number of anilines is 1. The van der Waals surface area contributed by atoms with Gasteiger partial charge in [-0.3, -0.25) is 4.68 Å². The minimum Gasteiger partial charge on any atom is -0.349 e. The van der Waals surface area contributed by atoms with Gasteiger partial charge in [-0.25, -0.2) is 0 Å². The Balaban J connectivity index is 2.20. The highest BCUT2D eigenvalue weighted by atomic mass is 15.4. The van der Waals surface area contributed by atoms with Crippen LogP contribution in [0.4, 0.5) is 5.82 Å². The molecule has 2 heterocycles. The average molecular weight is 236 g/mol. The Bertz CT molecular complexity index is 367. The van der Waals surface area contributed by atoms with Crippen molar-refractivity contribution in [3.63, 3.8) is 0 Å². The Morgan fingerprint density at radius 3 is 2.71 bits per heavy atom. The van der Waals surface area contributed by atoms with E-state index in [1.165, 1.54) is 12.8 Å². The lowest BCUT2D eigenvalue weighted by Gasteiger charge is -2.46. The maximum absolute atomic E-state index is 4.53. The van der Waals surface area contributed by atoms with Gasteiger partial charge in [-0.1, -0.05) is 13.8 Å². The Morgan fingerprint density at radius 2 is 2.18 bits per heavy atom. The number of aromatic nitrogens is 2. The van der Waals surface area contributed by atoms with Gasteiger partial charge in [-0.2, -0.15) is 5.10 Å². The number of nitrogens with one attached hydrogen (secondary N) is 1. The monoisotopic (exact) mass is 236 g/mol. The van der Waals surface area contributed by atoms with E-state index in [4.69, 9.17) is 0 Å². The minimum atomic E-state index is 0.254. The van der Waals surface area contributed by atoms with Crippen molar-refractivity contribution in [2.45, 2.75) is 45.2 Å². The SMILES string of the molecule is CCC1(CC)CN(c2ccn(C)n2)C(C)CN1. The molecular weight excluding hydrogens is 212 g/mol. The third kappa shape index (κ3) is 2.32. The van der Waals surface area contributed by atoms with Crippen molar-refractivity contribution in [1.82, 2.24) is 15.1 Å². The van der Waals surface area contributed by atoms with E-state index in [-0.39, 0.29) is 5.54 Å². The van der Waals surface area contributed by atoms with Crippen LogP contribution >= 0.6 is 0 Å². The lowest BCUT2D eigenvalue weighted by molar-refractivity contribution is 0.252. The molecule has 2 rings (SSSR count). The number of aryl methyl sites for hydroxylation is 1. The van der Waals surface area contributed by atoms with Crippen molar-refractivity contribution in [3.8, 4) is 0 Å². The van der Waals surface area contributed by atoms with Crippen LogP contribution in [0.2, 0.25) is 0 Å². The lowest BCUT2D eigenvalue weighted by Crippen LogP contribution is -2.63. The first-order valence-electron chi connectivity index (χ1n) is 6.61. The van der Waals surface area contributed by atoms with Crippen molar-refractivity contribution in [2.75, 3.05) is 18.0 Å². The molecular formula is C13H24N4. The maximum atomic E-state index is 4.53. The number of hydrogen-bond acceptors (Lipinski definition) is 3. The van der Waals surface area contributed by atoms with Gasteiger partial charge in [-0.05, 0) is 19.8 Å². The zero-order chi connectivity index (χ0) is 12.5. The van der Waals surface area contributed by atoms with E-state index >= 15 is 0 Å². The zero-order valence-electron chi connectivity index (χ0n) is 11.4. The van der Waals surface area contributed by atoms with E-state index in [9.17, 15) is 0 Å². The van der Waals surface area contributed by atoms with Crippen LogP contribution in [0.5, 0.6) is 0 Å². The second-order valence-electron chi connectivity index (χ2n) is 5.19. The molecule has 0 bridgehead atoms. The van der Waals surface area contributed by atoms with Crippen LogP contribution in [-0.2, 0) is 7.05 Å². The lowest BCUT2D eigenvalue weighted by atomic mass is 9.89. The van der Waals surface area contributed by atoms with E-state index in [0.29, 0.717) is 6.04 Å². The molecule has 0 radical (unpaired) electrons. The van der Waals surface area contributed by atoms with Crippen molar-refractivity contribution < 1.29 is 0 Å². The first kappa shape index (κ1) is 12.4. The van der Waals surface area contributed by atoms with Gasteiger partial charge in [0.05, 0.1) is 0 Å². The quantitative estimate of drug-likeness (QED) is 0.868. The molecule has 0 amide bonds. The van der Waals surface area contributed by atoms with Crippen LogP contribution in [0.1, 0.15) is 33.6 Å². The molecule has 1 aromatic rings. The summed E-state index contributed by atoms with van der Waals surface area (Å²) in [4.78, 5) is 2.43. The minimum absolute atomic E-state index is 0.254. The van der Waals surface area contributed by atoms with Gasteiger partial charge in [0.15, 0.2) is 5.82 Å². The Labute approximate surface area is 104 Å². The summed E-state index contributed by atoms with van der Waals surface area (Å²) in [6.07, 6.45) is 4.35. The first-order valence-corrected chi connectivity index (χ1v) is 6.61. The molecule has 0 spiro atoms. The molecule has 0 aliphatic carbocycles. The summed E-state index contributed by atoms with van der Waals surface area (Å²) in [5.41, 5.74) is 0.254. The van der Waals surface area contributed by atoms with Gasteiger partial charge < -0.3 is 10.2 Å². The fourth-order valence-corrected chi connectivity index (χ4v) is 2.60. The number of rotatable bonds is 3. The molecule has 1 aliphatic rings. The van der Waals surface area contributed by atoms with Gasteiger partial charge >= 0.3 is 0 Å². The van der Waals surface area contributed by atoms with Gasteiger partial charge in [0.25, 0.3) is 0 Å². The highest BCUT2D eigenvalue weighted by molar-refractivity contribution is 5.40. The smallest absolute Gasteiger partial charge is 0.150 e. The van der Waals surface area contributed by atoms with E-state index in [0.717, 1.165) is 18.9 Å². The van der Waals surface area contributed by atoms with E-state index < -0.39 is 0 Å². The van der Waals surface area contributed by atoms with Crippen molar-refractivity contribution in [3.05, 3.63) is 12.3 Å². The fourth-order valence-electron chi connectivity index (χ4n) is 2.60. The molecule has 1 fully saturated rings. The summed E-state index contributed by atoms with van der Waals surface area (Å²) >= 11 is 0. The summed E-state index contributed by atoms with van der Waals surface area (Å²) in [5, 5.41) is 8.25. The summed E-state index contributed by atoms with van der Waals surface area (Å²) < 4.78 is 1.88. The largest absolute Gasteiger partial charge is 0.349 e. The molecule has 1 atom stereocenters. The molecule has 0 aromatic carbocycles. The Hall–Kier alpha value is -1.03. The number of nitrogens with zero attached hydrogens (tertiary/aromatic N) is 3. The van der Waals surface area contributed by atoms with E-state index in [1.54, 1.807) is 0 Å². The fraction of sp³-hybridized carbons (Fsp3) is 0.769. The zero-order valence-corrected chi connectivity index (χ0v) is 11.4. The highest BCUT2D eigenvalue weighted by Crippen LogP contribution is 2.26. The van der Waals surface area contributed by atoms with Crippen molar-refractivity contribution >= 4 is 5.82 Å². The first-order chi connectivity index (χ1) is 8.10. The topological polar surface area (TPSA) is 33.1 Å². The molecule has 4 heteroatoms. The van der Waals surface area contributed by atoms with Gasteiger partial charge in [0.1, 0.15) is 0 Å². The van der Waals surface area contributed by atoms with Crippen LogP contribution < -0.4 is 10.2 Å². The molecule has 0 saturated carbocycles. The van der Waals surface area contributed by atoms with Gasteiger partial charge in [-0.15, -0.1) is 0 Å². The Morgan fingerprint density at radius 1 is 1.47 bits per heavy atom. The third-order valence-electron chi connectivity index (χ3n) is 4.12. The summed E-state index contributed by atoms with van der Waals surface area (Å²) in [6.45, 7) is 8.89. The molecule has 17 heavy (non-hydrogen) atoms. The second kappa shape index (κ2) is 4.69. The summed E-state index contributed by atoms with van der Waals surface area (Å²) in [7, 11) is 1.98. The van der Waals surface area contributed by atoms with Crippen LogP contribution in [0.15, 0.2) is 12.3 Å².